The van der Waals surface area contributed by atoms with Crippen molar-refractivity contribution in [2.24, 2.45) is 0 Å². The molecule has 3 heteroatoms. The molecule has 0 unspecified atom stereocenters. The predicted molar refractivity (Wildman–Crippen MR) is 17.3 cm³/mol. The van der Waals surface area contributed by atoms with Gasteiger partial charge in [0.2, 0.25) is 6.79 Å². The Bertz CT molecular complexity index is 21.5. The fourth-order valence-corrected chi connectivity index (χ4v) is 0.234. The van der Waals surface area contributed by atoms with Gasteiger partial charge in [-0.05, 0) is 0 Å². The molecular formula is C3H5O3. The topological polar surface area (TPSA) is 27.7 Å². The second kappa shape index (κ2) is 2.12. The lowest BCUT2D eigenvalue weighted by Crippen LogP contribution is -2.09. The van der Waals surface area contributed by atoms with Crippen molar-refractivity contribution in [2.75, 3.05) is 13.6 Å². The molecule has 3 nitrogen and oxygen atoms in total. The highest BCUT2D eigenvalue weighted by molar-refractivity contribution is 4.25. The first kappa shape index (κ1) is 4.05. The van der Waals surface area contributed by atoms with Gasteiger partial charge in [-0.1, -0.05) is 0 Å². The highest BCUT2D eigenvalue weighted by Gasteiger charge is 1.94. The van der Waals surface area contributed by atoms with Gasteiger partial charge in [0.25, 0.3) is 0 Å². The Labute approximate surface area is 35.8 Å². The SMILES string of the molecule is [CH]1OCOCO1. The van der Waals surface area contributed by atoms with Crippen LogP contribution in [0.3, 0.4) is 0 Å². The Morgan fingerprint density at radius 1 is 1.17 bits per heavy atom. The minimum absolute atomic E-state index is 0.319. The minimum atomic E-state index is 0.319. The summed E-state index contributed by atoms with van der Waals surface area (Å²) >= 11 is 0. The molecule has 1 rings (SSSR count). The van der Waals surface area contributed by atoms with Crippen LogP contribution in [0.4, 0.5) is 0 Å². The molecule has 1 heterocycles. The van der Waals surface area contributed by atoms with Crippen LogP contribution in [-0.4, -0.2) is 13.6 Å². The van der Waals surface area contributed by atoms with E-state index in [9.17, 15) is 0 Å². The normalized spacial score (nSPS) is 24.0. The Balaban J connectivity index is 2.00. The molecule has 1 saturated heterocycles. The van der Waals surface area contributed by atoms with Gasteiger partial charge in [-0.15, -0.1) is 0 Å². The van der Waals surface area contributed by atoms with Crippen LogP contribution in [0.1, 0.15) is 0 Å². The molecule has 35 valence electrons. The van der Waals surface area contributed by atoms with E-state index in [0.29, 0.717) is 13.6 Å². The average Bonchev–Trinajstić information content (AvgIpc) is 1.72. The van der Waals surface area contributed by atoms with Crippen LogP contribution in [-0.2, 0) is 14.2 Å². The lowest BCUT2D eigenvalue weighted by Gasteiger charge is -2.09. The van der Waals surface area contributed by atoms with Crippen molar-refractivity contribution in [1.29, 1.82) is 0 Å². The molecule has 1 radical (unpaired) electrons. The van der Waals surface area contributed by atoms with Gasteiger partial charge in [0.15, 0.2) is 13.6 Å². The highest BCUT2D eigenvalue weighted by Crippen LogP contribution is 1.92. The molecule has 0 aliphatic carbocycles. The summed E-state index contributed by atoms with van der Waals surface area (Å²) in [6, 6.07) is 0. The van der Waals surface area contributed by atoms with Crippen molar-refractivity contribution in [2.45, 2.75) is 0 Å². The van der Waals surface area contributed by atoms with Crippen LogP contribution >= 0.6 is 0 Å². The van der Waals surface area contributed by atoms with Crippen LogP contribution in [0.2, 0.25) is 0 Å². The van der Waals surface area contributed by atoms with E-state index < -0.39 is 0 Å². The molecule has 1 aliphatic rings. The molecule has 1 fully saturated rings. The fraction of sp³-hybridized carbons (Fsp3) is 0.667. The second-order valence-electron chi connectivity index (χ2n) is 0.869. The molecule has 0 aromatic carbocycles. The van der Waals surface area contributed by atoms with Crippen LogP contribution in [0.15, 0.2) is 0 Å². The minimum Gasteiger partial charge on any atom is -0.329 e. The van der Waals surface area contributed by atoms with Gasteiger partial charge in [-0.2, -0.15) is 0 Å². The summed E-state index contributed by atoms with van der Waals surface area (Å²) in [6.07, 6.45) is 0. The largest absolute Gasteiger partial charge is 0.329 e. The van der Waals surface area contributed by atoms with Crippen molar-refractivity contribution in [3.63, 3.8) is 0 Å². The molecule has 0 aromatic rings. The molecule has 1 aliphatic heterocycles. The van der Waals surface area contributed by atoms with Crippen molar-refractivity contribution in [3.05, 3.63) is 6.79 Å². The van der Waals surface area contributed by atoms with E-state index in [1.54, 1.807) is 0 Å². The molecular weight excluding hydrogens is 84.0 g/mol. The third-order valence-electron chi connectivity index (χ3n) is 0.439. The molecule has 6 heavy (non-hydrogen) atoms. The van der Waals surface area contributed by atoms with Crippen LogP contribution in [0.25, 0.3) is 0 Å². The lowest BCUT2D eigenvalue weighted by molar-refractivity contribution is -0.204. The standard InChI is InChI=1S/C3H5O3/c1-4-2-6-3-5-1/h1H,2-3H2. The smallest absolute Gasteiger partial charge is 0.214 e. The maximum Gasteiger partial charge on any atom is 0.214 e. The molecule has 0 N–H and O–H groups in total. The van der Waals surface area contributed by atoms with E-state index in [0.717, 1.165) is 0 Å². The summed E-state index contributed by atoms with van der Waals surface area (Å²) < 4.78 is 13.6. The fourth-order valence-electron chi connectivity index (χ4n) is 0.234. The van der Waals surface area contributed by atoms with E-state index in [4.69, 9.17) is 0 Å². The quantitative estimate of drug-likeness (QED) is 0.420. The summed E-state index contributed by atoms with van der Waals surface area (Å²) in [5, 5.41) is 0. The number of hydrogen-bond acceptors (Lipinski definition) is 3. The third kappa shape index (κ3) is 0.931. The van der Waals surface area contributed by atoms with Crippen molar-refractivity contribution >= 4 is 0 Å². The van der Waals surface area contributed by atoms with E-state index in [2.05, 4.69) is 14.2 Å². The first-order valence-corrected chi connectivity index (χ1v) is 1.63. The maximum absolute atomic E-state index is 4.59. The molecule has 0 spiro atoms. The van der Waals surface area contributed by atoms with E-state index in [1.807, 2.05) is 0 Å². The van der Waals surface area contributed by atoms with Gasteiger partial charge < -0.3 is 14.2 Å². The van der Waals surface area contributed by atoms with E-state index in [-0.39, 0.29) is 0 Å². The summed E-state index contributed by atoms with van der Waals surface area (Å²) in [7, 11) is 0. The van der Waals surface area contributed by atoms with Crippen LogP contribution in [0.5, 0.6) is 0 Å². The summed E-state index contributed by atoms with van der Waals surface area (Å²) in [4.78, 5) is 0. The predicted octanol–water partition coefficient (Wildman–Crippen LogP) is 0.0841. The van der Waals surface area contributed by atoms with Gasteiger partial charge in [0.1, 0.15) is 0 Å². The zero-order chi connectivity index (χ0) is 4.24. The third-order valence-corrected chi connectivity index (χ3v) is 0.439. The Kier molecular flexibility index (Phi) is 1.43. The van der Waals surface area contributed by atoms with E-state index in [1.165, 1.54) is 6.79 Å². The molecule has 0 saturated carbocycles. The first-order valence-electron chi connectivity index (χ1n) is 1.63. The second-order valence-corrected chi connectivity index (χ2v) is 0.869. The number of hydrogen-bond donors (Lipinski definition) is 0. The molecule has 0 aromatic heterocycles. The maximum atomic E-state index is 4.59. The first-order chi connectivity index (χ1) is 3.00. The van der Waals surface area contributed by atoms with E-state index >= 15 is 0 Å². The molecule has 0 bridgehead atoms. The summed E-state index contributed by atoms with van der Waals surface area (Å²) in [5.74, 6) is 0. The van der Waals surface area contributed by atoms with Gasteiger partial charge >= 0.3 is 0 Å². The summed E-state index contributed by atoms with van der Waals surface area (Å²) in [5.41, 5.74) is 0. The van der Waals surface area contributed by atoms with Crippen molar-refractivity contribution in [3.8, 4) is 0 Å². The highest BCUT2D eigenvalue weighted by atomic mass is 16.8. The Morgan fingerprint density at radius 2 is 1.83 bits per heavy atom. The lowest BCUT2D eigenvalue weighted by atomic mass is 11.2. The van der Waals surface area contributed by atoms with Gasteiger partial charge in [0.05, 0.1) is 0 Å². The van der Waals surface area contributed by atoms with Gasteiger partial charge in [0, 0.05) is 0 Å². The van der Waals surface area contributed by atoms with Crippen molar-refractivity contribution < 1.29 is 14.2 Å². The number of ether oxygens (including phenoxy) is 3. The average molecular weight is 89.1 g/mol. The van der Waals surface area contributed by atoms with Crippen LogP contribution < -0.4 is 0 Å². The van der Waals surface area contributed by atoms with Crippen LogP contribution in [0, 0.1) is 6.79 Å². The zero-order valence-electron chi connectivity index (χ0n) is 3.22. The van der Waals surface area contributed by atoms with Gasteiger partial charge in [-0.3, -0.25) is 0 Å². The zero-order valence-corrected chi connectivity index (χ0v) is 3.22. The number of rotatable bonds is 0. The summed E-state index contributed by atoms with van der Waals surface area (Å²) in [6.45, 7) is 1.91. The molecule has 0 amide bonds. The monoisotopic (exact) mass is 89.0 g/mol. The Hall–Kier alpha value is -0.120. The van der Waals surface area contributed by atoms with Crippen molar-refractivity contribution in [1.82, 2.24) is 0 Å². The van der Waals surface area contributed by atoms with Gasteiger partial charge in [-0.25, -0.2) is 0 Å². The Morgan fingerprint density at radius 3 is 2.00 bits per heavy atom. The molecule has 0 atom stereocenters.